The number of aliphatic imine (C=N–C) groups is 1. The van der Waals surface area contributed by atoms with Gasteiger partial charge in [-0.25, -0.2) is 4.99 Å². The molecule has 3 rings (SSSR count). The third-order valence-electron chi connectivity index (χ3n) is 4.73. The van der Waals surface area contributed by atoms with Crippen LogP contribution in [0, 0.1) is 13.8 Å². The molecule has 0 spiro atoms. The number of ketones is 1. The zero-order valence-corrected chi connectivity index (χ0v) is 15.9. The van der Waals surface area contributed by atoms with Crippen molar-refractivity contribution in [2.24, 2.45) is 4.99 Å². The minimum Gasteiger partial charge on any atom is -0.366 e. The summed E-state index contributed by atoms with van der Waals surface area (Å²) in [7, 11) is 1.99. The zero-order chi connectivity index (χ0) is 18.7. The van der Waals surface area contributed by atoms with E-state index in [4.69, 9.17) is 0 Å². The first kappa shape index (κ1) is 17.9. The van der Waals surface area contributed by atoms with E-state index < -0.39 is 0 Å². The van der Waals surface area contributed by atoms with Gasteiger partial charge in [-0.1, -0.05) is 18.2 Å². The molecule has 0 saturated carbocycles. The number of nitrogens with zero attached hydrogens (tertiary/aromatic N) is 3. The van der Waals surface area contributed by atoms with Crippen molar-refractivity contribution in [3.8, 4) is 0 Å². The van der Waals surface area contributed by atoms with Crippen molar-refractivity contribution in [2.45, 2.75) is 27.3 Å². The molecule has 0 aliphatic carbocycles. The van der Waals surface area contributed by atoms with Gasteiger partial charge >= 0.3 is 0 Å². The fraction of sp³-hybridized carbons (Fsp3) is 0.273. The van der Waals surface area contributed by atoms with Gasteiger partial charge in [0.25, 0.3) is 0 Å². The zero-order valence-electron chi connectivity index (χ0n) is 15.9. The Labute approximate surface area is 154 Å². The van der Waals surface area contributed by atoms with Crippen LogP contribution in [0.15, 0.2) is 53.7 Å². The average Bonchev–Trinajstić information content (AvgIpc) is 3.04. The normalized spacial score (nSPS) is 11.4. The van der Waals surface area contributed by atoms with Gasteiger partial charge in [-0.15, -0.1) is 0 Å². The molecular weight excluding hydrogens is 322 g/mol. The first-order valence-electron chi connectivity index (χ1n) is 8.92. The Morgan fingerprint density at radius 1 is 1.15 bits per heavy atom. The molecule has 0 radical (unpaired) electrons. The first-order chi connectivity index (χ1) is 12.5. The van der Waals surface area contributed by atoms with Gasteiger partial charge in [0.15, 0.2) is 5.78 Å². The molecule has 134 valence electrons. The Balaban J connectivity index is 1.85. The number of benzene rings is 2. The highest BCUT2D eigenvalue weighted by Crippen LogP contribution is 2.24. The number of para-hydroxylation sites is 1. The van der Waals surface area contributed by atoms with Crippen LogP contribution >= 0.6 is 0 Å². The van der Waals surface area contributed by atoms with Crippen LogP contribution in [0.4, 0.5) is 5.69 Å². The molecule has 4 nitrogen and oxygen atoms in total. The number of rotatable bonds is 6. The number of fused-ring (bicyclic) bond motifs is 1. The molecule has 0 saturated heterocycles. The average molecular weight is 347 g/mol. The van der Waals surface area contributed by atoms with Crippen LogP contribution in [0.2, 0.25) is 0 Å². The van der Waals surface area contributed by atoms with Gasteiger partial charge in [0, 0.05) is 30.9 Å². The fourth-order valence-electron chi connectivity index (χ4n) is 3.00. The van der Waals surface area contributed by atoms with Gasteiger partial charge < -0.3 is 9.47 Å². The number of carbonyl (C=O) groups excluding carboxylic acids is 1. The second-order valence-electron chi connectivity index (χ2n) is 6.70. The van der Waals surface area contributed by atoms with Crippen molar-refractivity contribution < 1.29 is 4.79 Å². The van der Waals surface area contributed by atoms with Crippen LogP contribution in [-0.2, 0) is 6.54 Å². The van der Waals surface area contributed by atoms with Crippen molar-refractivity contribution in [3.05, 3.63) is 65.4 Å². The summed E-state index contributed by atoms with van der Waals surface area (Å²) in [6.07, 6.45) is 3.80. The van der Waals surface area contributed by atoms with Crippen LogP contribution in [-0.4, -0.2) is 35.2 Å². The lowest BCUT2D eigenvalue weighted by Crippen LogP contribution is -2.14. The highest BCUT2D eigenvalue weighted by molar-refractivity contribution is 5.98. The van der Waals surface area contributed by atoms with E-state index in [2.05, 4.69) is 18.0 Å². The van der Waals surface area contributed by atoms with Gasteiger partial charge in [0.05, 0.1) is 18.6 Å². The molecule has 0 fully saturated rings. The van der Waals surface area contributed by atoms with E-state index in [1.165, 1.54) is 0 Å². The van der Waals surface area contributed by atoms with Crippen LogP contribution in [0.25, 0.3) is 10.9 Å². The maximum Gasteiger partial charge on any atom is 0.182 e. The van der Waals surface area contributed by atoms with Crippen molar-refractivity contribution >= 4 is 28.7 Å². The summed E-state index contributed by atoms with van der Waals surface area (Å²) >= 11 is 0. The smallest absolute Gasteiger partial charge is 0.182 e. The van der Waals surface area contributed by atoms with E-state index in [9.17, 15) is 4.79 Å². The highest BCUT2D eigenvalue weighted by Gasteiger charge is 2.13. The predicted molar refractivity (Wildman–Crippen MR) is 109 cm³/mol. The summed E-state index contributed by atoms with van der Waals surface area (Å²) in [5, 5.41) is 1.15. The Kier molecular flexibility index (Phi) is 5.21. The molecule has 2 aromatic carbocycles. The molecule has 0 aliphatic rings. The minimum absolute atomic E-state index is 0.119. The molecule has 0 N–H and O–H groups in total. The van der Waals surface area contributed by atoms with Gasteiger partial charge in [0.1, 0.15) is 0 Å². The van der Waals surface area contributed by atoms with Crippen molar-refractivity contribution in [1.29, 1.82) is 0 Å². The third kappa shape index (κ3) is 3.69. The van der Waals surface area contributed by atoms with Crippen molar-refractivity contribution in [3.63, 3.8) is 0 Å². The summed E-state index contributed by atoms with van der Waals surface area (Å²) in [6, 6.07) is 14.1. The standard InChI is InChI=1S/C22H25N3O/c1-5-24(4)15-23-20-13-16(2)19(12-17(20)3)22(26)14-25-11-10-18-8-6-7-9-21(18)25/h6-13,15H,5,14H2,1-4H3. The molecule has 0 amide bonds. The number of hydrogen-bond donors (Lipinski definition) is 0. The molecule has 26 heavy (non-hydrogen) atoms. The Hall–Kier alpha value is -2.88. The van der Waals surface area contributed by atoms with Crippen LogP contribution in [0.5, 0.6) is 0 Å². The summed E-state index contributed by atoms with van der Waals surface area (Å²) in [4.78, 5) is 19.4. The van der Waals surface area contributed by atoms with E-state index in [-0.39, 0.29) is 5.78 Å². The molecule has 4 heteroatoms. The third-order valence-corrected chi connectivity index (χ3v) is 4.73. The first-order valence-corrected chi connectivity index (χ1v) is 8.92. The Bertz CT molecular complexity index is 969. The van der Waals surface area contributed by atoms with Crippen molar-refractivity contribution in [1.82, 2.24) is 9.47 Å². The number of aryl methyl sites for hydroxylation is 2. The van der Waals surface area contributed by atoms with Crippen LogP contribution < -0.4 is 0 Å². The maximum absolute atomic E-state index is 12.9. The number of hydrogen-bond acceptors (Lipinski definition) is 2. The molecule has 0 bridgehead atoms. The van der Waals surface area contributed by atoms with Gasteiger partial charge in [-0.2, -0.15) is 0 Å². The lowest BCUT2D eigenvalue weighted by molar-refractivity contribution is 0.0973. The fourth-order valence-corrected chi connectivity index (χ4v) is 3.00. The Morgan fingerprint density at radius 2 is 1.92 bits per heavy atom. The van der Waals surface area contributed by atoms with Gasteiger partial charge in [0.2, 0.25) is 0 Å². The largest absolute Gasteiger partial charge is 0.366 e. The topological polar surface area (TPSA) is 37.6 Å². The molecular formula is C22H25N3O. The van der Waals surface area contributed by atoms with E-state index in [1.807, 2.05) is 79.3 Å². The maximum atomic E-state index is 12.9. The summed E-state index contributed by atoms with van der Waals surface area (Å²) in [5.74, 6) is 0.119. The van der Waals surface area contributed by atoms with E-state index in [0.29, 0.717) is 6.54 Å². The number of carbonyl (C=O) groups is 1. The van der Waals surface area contributed by atoms with Crippen LogP contribution in [0.3, 0.4) is 0 Å². The molecule has 1 aromatic heterocycles. The molecule has 0 unspecified atom stereocenters. The van der Waals surface area contributed by atoms with E-state index in [0.717, 1.165) is 39.8 Å². The highest BCUT2D eigenvalue weighted by atomic mass is 16.1. The molecule has 3 aromatic rings. The molecule has 0 aliphatic heterocycles. The lowest BCUT2D eigenvalue weighted by Gasteiger charge is -2.12. The molecule has 1 heterocycles. The SMILES string of the molecule is CCN(C)C=Nc1cc(C)c(C(=O)Cn2ccc3ccccc32)cc1C. The minimum atomic E-state index is 0.119. The summed E-state index contributed by atoms with van der Waals surface area (Å²) in [5.41, 5.74) is 4.73. The lowest BCUT2D eigenvalue weighted by atomic mass is 10.0. The summed E-state index contributed by atoms with van der Waals surface area (Å²) in [6.45, 7) is 7.30. The van der Waals surface area contributed by atoms with E-state index >= 15 is 0 Å². The van der Waals surface area contributed by atoms with Gasteiger partial charge in [-0.05, 0) is 61.5 Å². The number of aromatic nitrogens is 1. The predicted octanol–water partition coefficient (Wildman–Crippen LogP) is 4.75. The van der Waals surface area contributed by atoms with E-state index in [1.54, 1.807) is 0 Å². The Morgan fingerprint density at radius 3 is 2.69 bits per heavy atom. The summed E-state index contributed by atoms with van der Waals surface area (Å²) < 4.78 is 2.01. The second kappa shape index (κ2) is 7.56. The number of Topliss-reactive ketones (excluding diaryl/α,β-unsaturated/α-hetero) is 1. The molecule has 0 atom stereocenters. The monoisotopic (exact) mass is 347 g/mol. The van der Waals surface area contributed by atoms with Crippen LogP contribution in [0.1, 0.15) is 28.4 Å². The second-order valence-corrected chi connectivity index (χ2v) is 6.70. The van der Waals surface area contributed by atoms with Gasteiger partial charge in [-0.3, -0.25) is 4.79 Å². The quantitative estimate of drug-likeness (QED) is 0.366. The van der Waals surface area contributed by atoms with Crippen molar-refractivity contribution in [2.75, 3.05) is 13.6 Å².